The van der Waals surface area contributed by atoms with E-state index in [9.17, 15) is 4.79 Å². The molecule has 1 amide bonds. The molecule has 2 aliphatic rings. The zero-order valence-electron chi connectivity index (χ0n) is 12.3. The fraction of sp³-hybridized carbons (Fsp3) is 0.750. The minimum atomic E-state index is 0.388. The van der Waals surface area contributed by atoms with Crippen molar-refractivity contribution in [2.24, 2.45) is 11.8 Å². The van der Waals surface area contributed by atoms with Crippen LogP contribution in [0, 0.1) is 11.8 Å². The van der Waals surface area contributed by atoms with Gasteiger partial charge in [-0.25, -0.2) is 4.98 Å². The lowest BCUT2D eigenvalue weighted by molar-refractivity contribution is -0.119. The van der Waals surface area contributed by atoms with Gasteiger partial charge in [0.05, 0.1) is 6.33 Å². The van der Waals surface area contributed by atoms with Gasteiger partial charge in [0.15, 0.2) is 0 Å². The first-order valence-electron chi connectivity index (χ1n) is 7.99. The van der Waals surface area contributed by atoms with Gasteiger partial charge in [0.1, 0.15) is 0 Å². The summed E-state index contributed by atoms with van der Waals surface area (Å²) in [4.78, 5) is 20.7. The molecule has 1 aromatic rings. The Hall–Kier alpha value is -1.32. The van der Waals surface area contributed by atoms with Gasteiger partial charge in [-0.1, -0.05) is 39.0 Å². The van der Waals surface area contributed by atoms with Gasteiger partial charge in [0.25, 0.3) is 0 Å². The number of hydrogen-bond donors (Lipinski definition) is 1. The van der Waals surface area contributed by atoms with Crippen molar-refractivity contribution in [2.45, 2.75) is 57.4 Å². The van der Waals surface area contributed by atoms with Crippen LogP contribution in [-0.2, 0) is 4.79 Å². The molecule has 4 heteroatoms. The molecule has 1 N–H and O–H groups in total. The van der Waals surface area contributed by atoms with Crippen LogP contribution in [0.5, 0.6) is 0 Å². The summed E-state index contributed by atoms with van der Waals surface area (Å²) in [5.41, 5.74) is 1.17. The van der Waals surface area contributed by atoms with Crippen molar-refractivity contribution in [1.29, 1.82) is 0 Å². The molecule has 2 aliphatic carbocycles. The van der Waals surface area contributed by atoms with Gasteiger partial charge in [0, 0.05) is 30.4 Å². The highest BCUT2D eigenvalue weighted by molar-refractivity contribution is 5.50. The second kappa shape index (κ2) is 5.98. The van der Waals surface area contributed by atoms with Gasteiger partial charge in [-0.05, 0) is 18.3 Å². The molecular weight excluding hydrogens is 250 g/mol. The maximum Gasteiger partial charge on any atom is 0.209 e. The molecule has 1 unspecified atom stereocenters. The molecule has 2 saturated carbocycles. The molecule has 0 bridgehead atoms. The summed E-state index contributed by atoms with van der Waals surface area (Å²) in [6, 6.07) is 0.388. The zero-order valence-corrected chi connectivity index (χ0v) is 12.3. The van der Waals surface area contributed by atoms with Crippen LogP contribution in [0.25, 0.3) is 0 Å². The van der Waals surface area contributed by atoms with Crippen LogP contribution in [0.1, 0.15) is 57.1 Å². The zero-order chi connectivity index (χ0) is 13.9. The maximum absolute atomic E-state index is 11.4. The van der Waals surface area contributed by atoms with Crippen molar-refractivity contribution < 1.29 is 4.79 Å². The van der Waals surface area contributed by atoms with Crippen molar-refractivity contribution in [3.8, 4) is 0 Å². The number of rotatable bonds is 6. The van der Waals surface area contributed by atoms with E-state index in [1.807, 2.05) is 11.1 Å². The Morgan fingerprint density at radius 1 is 1.45 bits per heavy atom. The average Bonchev–Trinajstić information content (AvgIpc) is 3.09. The minimum absolute atomic E-state index is 0.388. The number of nitrogens with zero attached hydrogens (tertiary/aromatic N) is 2. The van der Waals surface area contributed by atoms with E-state index in [-0.39, 0.29) is 0 Å². The number of carbonyl (C=O) groups is 1. The van der Waals surface area contributed by atoms with Crippen LogP contribution in [0.2, 0.25) is 0 Å². The number of imidazole rings is 1. The number of aromatic amines is 1. The van der Waals surface area contributed by atoms with Gasteiger partial charge in [-0.2, -0.15) is 0 Å². The predicted octanol–water partition coefficient (Wildman–Crippen LogP) is 2.94. The summed E-state index contributed by atoms with van der Waals surface area (Å²) in [5, 5.41) is 0. The van der Waals surface area contributed by atoms with Gasteiger partial charge < -0.3 is 9.88 Å². The Bertz CT molecular complexity index is 425. The molecule has 3 atom stereocenters. The predicted molar refractivity (Wildman–Crippen MR) is 78.2 cm³/mol. The molecule has 3 rings (SSSR count). The van der Waals surface area contributed by atoms with E-state index >= 15 is 0 Å². The summed E-state index contributed by atoms with van der Waals surface area (Å²) in [7, 11) is 0. The van der Waals surface area contributed by atoms with Crippen molar-refractivity contribution in [3.63, 3.8) is 0 Å². The van der Waals surface area contributed by atoms with Crippen molar-refractivity contribution in [3.05, 3.63) is 18.2 Å². The number of hydrogen-bond acceptors (Lipinski definition) is 2. The quantitative estimate of drug-likeness (QED) is 0.811. The summed E-state index contributed by atoms with van der Waals surface area (Å²) in [6.45, 7) is 3.24. The topological polar surface area (TPSA) is 49.0 Å². The Morgan fingerprint density at radius 2 is 2.25 bits per heavy atom. The van der Waals surface area contributed by atoms with E-state index < -0.39 is 0 Å². The first kappa shape index (κ1) is 13.7. The van der Waals surface area contributed by atoms with E-state index in [1.54, 1.807) is 6.33 Å². The van der Waals surface area contributed by atoms with E-state index in [0.717, 1.165) is 25.3 Å². The smallest absolute Gasteiger partial charge is 0.209 e. The normalized spacial score (nSPS) is 28.1. The van der Waals surface area contributed by atoms with Crippen molar-refractivity contribution >= 4 is 6.41 Å². The summed E-state index contributed by atoms with van der Waals surface area (Å²) < 4.78 is 0. The van der Waals surface area contributed by atoms with Gasteiger partial charge in [-0.15, -0.1) is 0 Å². The van der Waals surface area contributed by atoms with Crippen LogP contribution in [0.3, 0.4) is 0 Å². The highest BCUT2D eigenvalue weighted by Crippen LogP contribution is 2.44. The Morgan fingerprint density at radius 3 is 2.90 bits per heavy atom. The molecule has 1 aromatic heterocycles. The molecular formula is C16H25N3O. The molecule has 20 heavy (non-hydrogen) atoms. The van der Waals surface area contributed by atoms with Crippen LogP contribution >= 0.6 is 0 Å². The first-order chi connectivity index (χ1) is 9.79. The standard InChI is InChI=1S/C16H25N3O/c1-12(13-5-3-2-4-6-13)9-19(11-20)16-7-14(16)15-8-17-10-18-15/h8,10-14,16H,2-7,9H2,1H3,(H,17,18)/t12?,14-,16+/m1/s1. The molecule has 2 fully saturated rings. The van der Waals surface area contributed by atoms with Crippen LogP contribution < -0.4 is 0 Å². The molecule has 4 nitrogen and oxygen atoms in total. The lowest BCUT2D eigenvalue weighted by Gasteiger charge is -2.31. The fourth-order valence-electron chi connectivity index (χ4n) is 3.79. The summed E-state index contributed by atoms with van der Waals surface area (Å²) in [5.74, 6) is 1.92. The third-order valence-electron chi connectivity index (χ3n) is 5.19. The fourth-order valence-corrected chi connectivity index (χ4v) is 3.79. The number of H-pyrrole nitrogens is 1. The molecule has 0 spiro atoms. The number of carbonyl (C=O) groups excluding carboxylic acids is 1. The molecule has 1 heterocycles. The molecule has 0 aliphatic heterocycles. The lowest BCUT2D eigenvalue weighted by Crippen LogP contribution is -2.33. The van der Waals surface area contributed by atoms with Crippen LogP contribution in [0.15, 0.2) is 12.5 Å². The maximum atomic E-state index is 11.4. The van der Waals surface area contributed by atoms with E-state index in [0.29, 0.717) is 17.9 Å². The third kappa shape index (κ3) is 2.89. The largest absolute Gasteiger partial charge is 0.348 e. The number of amides is 1. The second-order valence-corrected chi connectivity index (χ2v) is 6.59. The van der Waals surface area contributed by atoms with Crippen LogP contribution in [0.4, 0.5) is 0 Å². The third-order valence-corrected chi connectivity index (χ3v) is 5.19. The van der Waals surface area contributed by atoms with Gasteiger partial charge in [0.2, 0.25) is 6.41 Å². The Kier molecular flexibility index (Phi) is 4.08. The SMILES string of the molecule is CC(CN(C=O)[C@H]1C[C@@H]1c1cnc[nH]1)C1CCCCC1. The second-order valence-electron chi connectivity index (χ2n) is 6.59. The summed E-state index contributed by atoms with van der Waals surface area (Å²) in [6.07, 6.45) is 12.6. The number of nitrogens with one attached hydrogen (secondary N) is 1. The van der Waals surface area contributed by atoms with Crippen molar-refractivity contribution in [1.82, 2.24) is 14.9 Å². The monoisotopic (exact) mass is 275 g/mol. The van der Waals surface area contributed by atoms with Gasteiger partial charge in [-0.3, -0.25) is 4.79 Å². The van der Waals surface area contributed by atoms with Crippen LogP contribution in [-0.4, -0.2) is 33.9 Å². The Labute approximate surface area is 121 Å². The van der Waals surface area contributed by atoms with E-state index in [1.165, 1.54) is 37.8 Å². The highest BCUT2D eigenvalue weighted by Gasteiger charge is 2.44. The lowest BCUT2D eigenvalue weighted by atomic mass is 9.80. The Balaban J connectivity index is 1.54. The average molecular weight is 275 g/mol. The van der Waals surface area contributed by atoms with Gasteiger partial charge >= 0.3 is 0 Å². The first-order valence-corrected chi connectivity index (χ1v) is 7.99. The van der Waals surface area contributed by atoms with Crippen molar-refractivity contribution in [2.75, 3.05) is 6.54 Å². The highest BCUT2D eigenvalue weighted by atomic mass is 16.1. The molecule has 110 valence electrons. The molecule has 0 radical (unpaired) electrons. The summed E-state index contributed by atoms with van der Waals surface area (Å²) >= 11 is 0. The molecule has 0 saturated heterocycles. The van der Waals surface area contributed by atoms with E-state index in [4.69, 9.17) is 0 Å². The minimum Gasteiger partial charge on any atom is -0.348 e. The molecule has 0 aromatic carbocycles. The van der Waals surface area contributed by atoms with E-state index in [2.05, 4.69) is 16.9 Å². The number of aromatic nitrogens is 2.